The minimum Gasteiger partial charge on any atom is -0.463 e. The van der Waals surface area contributed by atoms with Crippen LogP contribution in [-0.2, 0) is 9.53 Å². The number of urea groups is 1. The van der Waals surface area contributed by atoms with Gasteiger partial charge in [0, 0.05) is 22.3 Å². The summed E-state index contributed by atoms with van der Waals surface area (Å²) < 4.78 is 6.29. The molecule has 2 N–H and O–H groups in total. The second-order valence-corrected chi connectivity index (χ2v) is 9.74. The topological polar surface area (TPSA) is 87.7 Å². The predicted octanol–water partition coefficient (Wildman–Crippen LogP) is 6.54. The minimum absolute atomic E-state index is 0.197. The summed E-state index contributed by atoms with van der Waals surface area (Å²) in [5.41, 5.74) is 3.34. The first-order valence-corrected chi connectivity index (χ1v) is 13.4. The summed E-state index contributed by atoms with van der Waals surface area (Å²) in [7, 11) is 0. The number of carbonyl (C=O) groups is 3. The van der Waals surface area contributed by atoms with E-state index in [1.54, 1.807) is 48.2 Å². The van der Waals surface area contributed by atoms with Crippen LogP contribution >= 0.6 is 15.9 Å². The quantitative estimate of drug-likeness (QED) is 0.283. The maximum atomic E-state index is 13.4. The maximum Gasteiger partial charge on any atom is 0.338 e. The molecule has 0 aliphatic carbocycles. The molecule has 38 heavy (non-hydrogen) atoms. The zero-order chi connectivity index (χ0) is 27.1. The highest BCUT2D eigenvalue weighted by molar-refractivity contribution is 9.10. The SMILES string of the molecule is CCCCN1C(=O)NC(c2cccc(NC(=O)c3cccc(Br)c3)c2)C(C(=O)OCC)=C1c1ccccc1. The molecule has 1 unspecified atom stereocenters. The number of nitrogens with one attached hydrogen (secondary N) is 2. The number of amides is 3. The van der Waals surface area contributed by atoms with Crippen molar-refractivity contribution < 1.29 is 19.1 Å². The number of unbranched alkanes of at least 4 members (excludes halogenated alkanes) is 1. The number of rotatable bonds is 9. The second-order valence-electron chi connectivity index (χ2n) is 8.83. The van der Waals surface area contributed by atoms with Crippen molar-refractivity contribution >= 4 is 45.2 Å². The van der Waals surface area contributed by atoms with Crippen LogP contribution in [0.5, 0.6) is 0 Å². The Kier molecular flexibility index (Phi) is 8.97. The van der Waals surface area contributed by atoms with Crippen molar-refractivity contribution in [2.75, 3.05) is 18.5 Å². The van der Waals surface area contributed by atoms with Crippen molar-refractivity contribution in [1.29, 1.82) is 0 Å². The van der Waals surface area contributed by atoms with E-state index < -0.39 is 12.0 Å². The number of carbonyl (C=O) groups excluding carboxylic acids is 3. The molecule has 1 heterocycles. The van der Waals surface area contributed by atoms with Crippen molar-refractivity contribution in [3.8, 4) is 0 Å². The number of esters is 1. The van der Waals surface area contributed by atoms with Crippen LogP contribution in [0.2, 0.25) is 0 Å². The van der Waals surface area contributed by atoms with E-state index >= 15 is 0 Å². The second kappa shape index (κ2) is 12.6. The Morgan fingerprint density at radius 3 is 2.47 bits per heavy atom. The Bertz CT molecular complexity index is 1360. The highest BCUT2D eigenvalue weighted by atomic mass is 79.9. The lowest BCUT2D eigenvalue weighted by Crippen LogP contribution is -2.48. The van der Waals surface area contributed by atoms with Gasteiger partial charge in [-0.05, 0) is 54.8 Å². The fourth-order valence-electron chi connectivity index (χ4n) is 4.40. The average Bonchev–Trinajstić information content (AvgIpc) is 2.92. The third kappa shape index (κ3) is 6.14. The Morgan fingerprint density at radius 2 is 1.76 bits per heavy atom. The Morgan fingerprint density at radius 1 is 1.00 bits per heavy atom. The molecule has 3 aromatic rings. The van der Waals surface area contributed by atoms with E-state index in [1.807, 2.05) is 42.5 Å². The first-order chi connectivity index (χ1) is 18.4. The zero-order valence-electron chi connectivity index (χ0n) is 21.4. The molecule has 3 amide bonds. The summed E-state index contributed by atoms with van der Waals surface area (Å²) in [4.78, 5) is 41.3. The van der Waals surface area contributed by atoms with Crippen molar-refractivity contribution in [2.45, 2.75) is 32.7 Å². The predicted molar refractivity (Wildman–Crippen MR) is 151 cm³/mol. The molecule has 8 heteroatoms. The van der Waals surface area contributed by atoms with Gasteiger partial charge in [0.25, 0.3) is 5.91 Å². The van der Waals surface area contributed by atoms with Gasteiger partial charge in [-0.1, -0.05) is 77.8 Å². The highest BCUT2D eigenvalue weighted by Gasteiger charge is 2.38. The number of benzene rings is 3. The van der Waals surface area contributed by atoms with Crippen LogP contribution in [0.25, 0.3) is 5.70 Å². The average molecular weight is 576 g/mol. The molecule has 196 valence electrons. The molecule has 0 saturated heterocycles. The van der Waals surface area contributed by atoms with E-state index in [0.29, 0.717) is 34.6 Å². The van der Waals surface area contributed by atoms with Crippen LogP contribution < -0.4 is 10.6 Å². The highest BCUT2D eigenvalue weighted by Crippen LogP contribution is 2.37. The molecule has 7 nitrogen and oxygen atoms in total. The zero-order valence-corrected chi connectivity index (χ0v) is 23.0. The monoisotopic (exact) mass is 575 g/mol. The van der Waals surface area contributed by atoms with E-state index in [1.165, 1.54) is 0 Å². The van der Waals surface area contributed by atoms with Gasteiger partial charge in [0.15, 0.2) is 0 Å². The van der Waals surface area contributed by atoms with Gasteiger partial charge in [0.1, 0.15) is 0 Å². The molecule has 1 atom stereocenters. The van der Waals surface area contributed by atoms with E-state index in [9.17, 15) is 14.4 Å². The number of anilines is 1. The van der Waals surface area contributed by atoms with Crippen LogP contribution in [-0.4, -0.2) is 36.0 Å². The summed E-state index contributed by atoms with van der Waals surface area (Å²) in [5, 5.41) is 5.92. The Balaban J connectivity index is 1.79. The van der Waals surface area contributed by atoms with Gasteiger partial charge in [-0.3, -0.25) is 9.69 Å². The van der Waals surface area contributed by atoms with E-state index in [0.717, 1.165) is 22.9 Å². The molecule has 1 aliphatic heterocycles. The van der Waals surface area contributed by atoms with Gasteiger partial charge < -0.3 is 15.4 Å². The summed E-state index contributed by atoms with van der Waals surface area (Å²) in [6.45, 7) is 4.47. The van der Waals surface area contributed by atoms with Crippen LogP contribution in [0, 0.1) is 0 Å². The fraction of sp³-hybridized carbons (Fsp3) is 0.233. The molecule has 0 fully saturated rings. The smallest absolute Gasteiger partial charge is 0.338 e. The Hall–Kier alpha value is -3.91. The number of hydrogen-bond acceptors (Lipinski definition) is 4. The molecule has 1 aliphatic rings. The van der Waals surface area contributed by atoms with Gasteiger partial charge in [-0.25, -0.2) is 9.59 Å². The lowest BCUT2D eigenvalue weighted by atomic mass is 9.91. The third-order valence-corrected chi connectivity index (χ3v) is 6.66. The summed E-state index contributed by atoms with van der Waals surface area (Å²) >= 11 is 3.39. The van der Waals surface area contributed by atoms with E-state index in [2.05, 4.69) is 33.5 Å². The van der Waals surface area contributed by atoms with Crippen molar-refractivity contribution in [3.63, 3.8) is 0 Å². The normalized spacial score (nSPS) is 15.2. The lowest BCUT2D eigenvalue weighted by molar-refractivity contribution is -0.138. The van der Waals surface area contributed by atoms with Gasteiger partial charge in [-0.15, -0.1) is 0 Å². The standard InChI is InChI=1S/C30H30BrN3O4/c1-3-5-17-34-27(20-11-7-6-8-12-20)25(29(36)38-4-2)26(33-30(34)37)21-13-10-16-24(19-21)32-28(35)22-14-9-15-23(31)18-22/h6-16,18-19,26H,3-5,17H2,1-2H3,(H,32,35)(H,33,37). The summed E-state index contributed by atoms with van der Waals surface area (Å²) in [6, 6.07) is 22.6. The molecule has 0 bridgehead atoms. The number of hydrogen-bond donors (Lipinski definition) is 2. The van der Waals surface area contributed by atoms with Crippen LogP contribution in [0.1, 0.15) is 54.2 Å². The Labute approximate surface area is 231 Å². The van der Waals surface area contributed by atoms with Gasteiger partial charge in [-0.2, -0.15) is 0 Å². The number of halogens is 1. The van der Waals surface area contributed by atoms with E-state index in [4.69, 9.17) is 4.74 Å². The number of ether oxygens (including phenoxy) is 1. The van der Waals surface area contributed by atoms with Crippen molar-refractivity contribution in [1.82, 2.24) is 10.2 Å². The molecular formula is C30H30BrN3O4. The van der Waals surface area contributed by atoms with Crippen molar-refractivity contribution in [3.05, 3.63) is 106 Å². The van der Waals surface area contributed by atoms with Crippen molar-refractivity contribution in [2.24, 2.45) is 0 Å². The largest absolute Gasteiger partial charge is 0.463 e. The van der Waals surface area contributed by atoms with Gasteiger partial charge in [0.2, 0.25) is 0 Å². The fourth-order valence-corrected chi connectivity index (χ4v) is 4.80. The summed E-state index contributed by atoms with van der Waals surface area (Å²) in [6.07, 6.45) is 1.67. The first-order valence-electron chi connectivity index (χ1n) is 12.6. The molecule has 0 aromatic heterocycles. The third-order valence-electron chi connectivity index (χ3n) is 6.17. The molecular weight excluding hydrogens is 546 g/mol. The molecule has 0 radical (unpaired) electrons. The van der Waals surface area contributed by atoms with Crippen LogP contribution in [0.4, 0.5) is 10.5 Å². The van der Waals surface area contributed by atoms with Crippen LogP contribution in [0.15, 0.2) is 88.9 Å². The summed E-state index contributed by atoms with van der Waals surface area (Å²) in [5.74, 6) is -0.769. The van der Waals surface area contributed by atoms with E-state index in [-0.39, 0.29) is 18.5 Å². The van der Waals surface area contributed by atoms with Gasteiger partial charge in [0.05, 0.1) is 23.9 Å². The molecule has 0 saturated carbocycles. The minimum atomic E-state index is -0.766. The lowest BCUT2D eigenvalue weighted by Gasteiger charge is -2.37. The first kappa shape index (κ1) is 27.1. The number of nitrogens with zero attached hydrogens (tertiary/aromatic N) is 1. The maximum absolute atomic E-state index is 13.4. The van der Waals surface area contributed by atoms with Gasteiger partial charge >= 0.3 is 12.0 Å². The molecule has 3 aromatic carbocycles. The van der Waals surface area contributed by atoms with Crippen LogP contribution in [0.3, 0.4) is 0 Å². The molecule has 4 rings (SSSR count). The molecule has 0 spiro atoms.